The van der Waals surface area contributed by atoms with Crippen LogP contribution in [0.5, 0.6) is 17.2 Å². The van der Waals surface area contributed by atoms with Crippen molar-refractivity contribution in [2.24, 2.45) is 5.73 Å². The van der Waals surface area contributed by atoms with Gasteiger partial charge in [-0.15, -0.1) is 0 Å². The summed E-state index contributed by atoms with van der Waals surface area (Å²) in [7, 11) is 3.15. The van der Waals surface area contributed by atoms with Gasteiger partial charge in [0.05, 0.1) is 19.8 Å². The van der Waals surface area contributed by atoms with E-state index < -0.39 is 5.91 Å². The summed E-state index contributed by atoms with van der Waals surface area (Å²) in [4.78, 5) is 24.2. The number of hydrogen-bond donors (Lipinski definition) is 2. The standard InChI is InChI=1S/C24H24N2O5/c1-29-19-11-10-18(22(13-19)30-2)14-26-24(28)17-7-5-6-16(12-17)15-31-21-9-4-3-8-20(21)23(25)27/h3-13H,14-15H2,1-2H3,(H2,25,27)(H,26,28). The van der Waals surface area contributed by atoms with E-state index in [2.05, 4.69) is 5.32 Å². The number of carbonyl (C=O) groups is 2. The molecular formula is C24H24N2O5. The van der Waals surface area contributed by atoms with Gasteiger partial charge in [0, 0.05) is 23.7 Å². The Labute approximate surface area is 180 Å². The first-order chi connectivity index (χ1) is 15.0. The van der Waals surface area contributed by atoms with Crippen molar-refractivity contribution in [2.45, 2.75) is 13.2 Å². The zero-order valence-corrected chi connectivity index (χ0v) is 17.4. The molecule has 160 valence electrons. The van der Waals surface area contributed by atoms with Gasteiger partial charge in [0.25, 0.3) is 11.8 Å². The van der Waals surface area contributed by atoms with Crippen molar-refractivity contribution in [2.75, 3.05) is 14.2 Å². The molecule has 0 aliphatic heterocycles. The fourth-order valence-electron chi connectivity index (χ4n) is 3.03. The molecule has 0 fully saturated rings. The minimum Gasteiger partial charge on any atom is -0.497 e. The lowest BCUT2D eigenvalue weighted by molar-refractivity contribution is 0.0949. The Bertz CT molecular complexity index is 1080. The van der Waals surface area contributed by atoms with Crippen LogP contribution in [0.4, 0.5) is 0 Å². The van der Waals surface area contributed by atoms with Crippen molar-refractivity contribution >= 4 is 11.8 Å². The van der Waals surface area contributed by atoms with E-state index >= 15 is 0 Å². The Morgan fingerprint density at radius 1 is 0.903 bits per heavy atom. The molecule has 0 unspecified atom stereocenters. The van der Waals surface area contributed by atoms with Gasteiger partial charge in [-0.1, -0.05) is 24.3 Å². The van der Waals surface area contributed by atoms with Crippen molar-refractivity contribution < 1.29 is 23.8 Å². The van der Waals surface area contributed by atoms with Crippen LogP contribution in [0.15, 0.2) is 66.7 Å². The number of rotatable bonds is 9. The highest BCUT2D eigenvalue weighted by molar-refractivity contribution is 5.95. The van der Waals surface area contributed by atoms with Crippen molar-refractivity contribution in [3.05, 3.63) is 89.0 Å². The van der Waals surface area contributed by atoms with E-state index in [-0.39, 0.29) is 12.5 Å². The van der Waals surface area contributed by atoms with E-state index in [4.69, 9.17) is 19.9 Å². The second-order valence-corrected chi connectivity index (χ2v) is 6.71. The van der Waals surface area contributed by atoms with Gasteiger partial charge >= 0.3 is 0 Å². The lowest BCUT2D eigenvalue weighted by Crippen LogP contribution is -2.23. The molecule has 3 aromatic carbocycles. The Hall–Kier alpha value is -4.00. The molecule has 7 nitrogen and oxygen atoms in total. The van der Waals surface area contributed by atoms with E-state index in [0.29, 0.717) is 34.9 Å². The molecular weight excluding hydrogens is 396 g/mol. The number of benzene rings is 3. The molecule has 2 amide bonds. The SMILES string of the molecule is COc1ccc(CNC(=O)c2cccc(COc3ccccc3C(N)=O)c2)c(OC)c1. The van der Waals surface area contributed by atoms with Crippen LogP contribution in [-0.2, 0) is 13.2 Å². The maximum Gasteiger partial charge on any atom is 0.252 e. The van der Waals surface area contributed by atoms with Gasteiger partial charge in [0.1, 0.15) is 23.9 Å². The monoisotopic (exact) mass is 420 g/mol. The van der Waals surface area contributed by atoms with E-state index in [0.717, 1.165) is 11.1 Å². The van der Waals surface area contributed by atoms with Crippen molar-refractivity contribution in [1.82, 2.24) is 5.32 Å². The van der Waals surface area contributed by atoms with Gasteiger partial charge in [-0.05, 0) is 42.0 Å². The third kappa shape index (κ3) is 5.54. The number of para-hydroxylation sites is 1. The number of hydrogen-bond acceptors (Lipinski definition) is 5. The maximum absolute atomic E-state index is 12.6. The Balaban J connectivity index is 1.65. The molecule has 0 heterocycles. The fourth-order valence-corrected chi connectivity index (χ4v) is 3.03. The van der Waals surface area contributed by atoms with Crippen LogP contribution in [0.1, 0.15) is 31.8 Å². The molecule has 0 saturated heterocycles. The van der Waals surface area contributed by atoms with Gasteiger partial charge < -0.3 is 25.3 Å². The van der Waals surface area contributed by atoms with E-state index in [1.54, 1.807) is 62.8 Å². The number of ether oxygens (including phenoxy) is 3. The fraction of sp³-hybridized carbons (Fsp3) is 0.167. The van der Waals surface area contributed by atoms with Crippen LogP contribution in [-0.4, -0.2) is 26.0 Å². The normalized spacial score (nSPS) is 10.3. The van der Waals surface area contributed by atoms with Gasteiger partial charge in [-0.25, -0.2) is 0 Å². The van der Waals surface area contributed by atoms with Crippen LogP contribution in [0.2, 0.25) is 0 Å². The van der Waals surface area contributed by atoms with Gasteiger partial charge in [0.2, 0.25) is 0 Å². The molecule has 3 aromatic rings. The predicted octanol–water partition coefficient (Wildman–Crippen LogP) is 3.31. The second-order valence-electron chi connectivity index (χ2n) is 6.71. The average molecular weight is 420 g/mol. The minimum absolute atomic E-state index is 0.192. The van der Waals surface area contributed by atoms with Crippen LogP contribution in [0.3, 0.4) is 0 Å². The first-order valence-electron chi connectivity index (χ1n) is 9.61. The molecule has 0 aliphatic rings. The summed E-state index contributed by atoms with van der Waals surface area (Å²) in [5, 5.41) is 2.89. The van der Waals surface area contributed by atoms with Gasteiger partial charge in [-0.3, -0.25) is 9.59 Å². The molecule has 0 bridgehead atoms. The molecule has 7 heteroatoms. The minimum atomic E-state index is -0.558. The highest BCUT2D eigenvalue weighted by Gasteiger charge is 2.11. The second kappa shape index (κ2) is 10.2. The smallest absolute Gasteiger partial charge is 0.252 e. The Kier molecular flexibility index (Phi) is 7.11. The number of methoxy groups -OCH3 is 2. The average Bonchev–Trinajstić information content (AvgIpc) is 2.81. The summed E-state index contributed by atoms with van der Waals surface area (Å²) in [5.74, 6) is 0.929. The Morgan fingerprint density at radius 3 is 2.45 bits per heavy atom. The number of amides is 2. The number of nitrogens with two attached hydrogens (primary N) is 1. The van der Waals surface area contributed by atoms with Crippen molar-refractivity contribution in [1.29, 1.82) is 0 Å². The van der Waals surface area contributed by atoms with Crippen LogP contribution >= 0.6 is 0 Å². The molecule has 31 heavy (non-hydrogen) atoms. The summed E-state index contributed by atoms with van der Waals surface area (Å²) in [5.41, 5.74) is 7.80. The van der Waals surface area contributed by atoms with Crippen LogP contribution in [0, 0.1) is 0 Å². The highest BCUT2D eigenvalue weighted by atomic mass is 16.5. The quantitative estimate of drug-likeness (QED) is 0.553. The highest BCUT2D eigenvalue weighted by Crippen LogP contribution is 2.24. The molecule has 0 saturated carbocycles. The van der Waals surface area contributed by atoms with E-state index in [9.17, 15) is 9.59 Å². The summed E-state index contributed by atoms with van der Waals surface area (Å²) < 4.78 is 16.3. The first kappa shape index (κ1) is 21.7. The zero-order valence-electron chi connectivity index (χ0n) is 17.4. The van der Waals surface area contributed by atoms with E-state index in [1.807, 2.05) is 18.2 Å². The van der Waals surface area contributed by atoms with E-state index in [1.165, 1.54) is 0 Å². The number of nitrogens with one attached hydrogen (secondary N) is 1. The summed E-state index contributed by atoms with van der Waals surface area (Å²) in [6, 6.07) is 19.3. The van der Waals surface area contributed by atoms with Crippen LogP contribution < -0.4 is 25.3 Å². The Morgan fingerprint density at radius 2 is 1.71 bits per heavy atom. The molecule has 0 aromatic heterocycles. The molecule has 0 spiro atoms. The van der Waals surface area contributed by atoms with Crippen LogP contribution in [0.25, 0.3) is 0 Å². The molecule has 3 rings (SSSR count). The zero-order chi connectivity index (χ0) is 22.2. The van der Waals surface area contributed by atoms with Gasteiger partial charge in [-0.2, -0.15) is 0 Å². The third-order valence-electron chi connectivity index (χ3n) is 4.67. The topological polar surface area (TPSA) is 99.9 Å². The number of primary amides is 1. The summed E-state index contributed by atoms with van der Waals surface area (Å²) >= 11 is 0. The lowest BCUT2D eigenvalue weighted by Gasteiger charge is -2.12. The molecule has 0 aliphatic carbocycles. The van der Waals surface area contributed by atoms with Crippen molar-refractivity contribution in [3.8, 4) is 17.2 Å². The molecule has 0 radical (unpaired) electrons. The lowest BCUT2D eigenvalue weighted by atomic mass is 10.1. The molecule has 3 N–H and O–H groups in total. The maximum atomic E-state index is 12.6. The number of carbonyl (C=O) groups excluding carboxylic acids is 2. The predicted molar refractivity (Wildman–Crippen MR) is 116 cm³/mol. The molecule has 0 atom stereocenters. The largest absolute Gasteiger partial charge is 0.497 e. The summed E-state index contributed by atoms with van der Waals surface area (Å²) in [6.45, 7) is 0.496. The van der Waals surface area contributed by atoms with Gasteiger partial charge in [0.15, 0.2) is 0 Å². The first-order valence-corrected chi connectivity index (χ1v) is 9.61. The summed E-state index contributed by atoms with van der Waals surface area (Å²) in [6.07, 6.45) is 0. The van der Waals surface area contributed by atoms with Crippen molar-refractivity contribution in [3.63, 3.8) is 0 Å². The third-order valence-corrected chi connectivity index (χ3v) is 4.67.